The summed E-state index contributed by atoms with van der Waals surface area (Å²) in [6.45, 7) is 6.41. The fourth-order valence-electron chi connectivity index (χ4n) is 4.45. The molecule has 1 spiro atoms. The number of hydrogen-bond acceptors (Lipinski definition) is 8. The highest BCUT2D eigenvalue weighted by Crippen LogP contribution is 2.35. The number of nitrogens with zero attached hydrogens (tertiary/aromatic N) is 5. The third-order valence-corrected chi connectivity index (χ3v) is 6.71. The summed E-state index contributed by atoms with van der Waals surface area (Å²) in [5, 5.41) is 13.0. The first-order valence-electron chi connectivity index (χ1n) is 12.7. The molecule has 4 heterocycles. The van der Waals surface area contributed by atoms with Crippen LogP contribution in [0.4, 0.5) is 42.8 Å². The van der Waals surface area contributed by atoms with Crippen molar-refractivity contribution in [3.05, 3.63) is 41.5 Å². The molecule has 3 amide bonds. The number of carboxylic acid groups (broad SMARTS) is 1. The van der Waals surface area contributed by atoms with Crippen molar-refractivity contribution in [3.63, 3.8) is 0 Å². The molecular formula is C25H29F6N7O4. The molecule has 2 aromatic heterocycles. The van der Waals surface area contributed by atoms with Crippen LogP contribution in [0.5, 0.6) is 0 Å². The van der Waals surface area contributed by atoms with Crippen LogP contribution in [-0.4, -0.2) is 74.7 Å². The Labute approximate surface area is 236 Å². The highest BCUT2D eigenvalue weighted by atomic mass is 19.4. The molecule has 0 aliphatic carbocycles. The molecular weight excluding hydrogens is 576 g/mol. The average molecular weight is 606 g/mol. The van der Waals surface area contributed by atoms with E-state index in [-0.39, 0.29) is 17.5 Å². The van der Waals surface area contributed by atoms with E-state index in [2.05, 4.69) is 25.6 Å². The van der Waals surface area contributed by atoms with Gasteiger partial charge in [0.2, 0.25) is 0 Å². The number of carboxylic acids is 1. The minimum Gasteiger partial charge on any atom is -0.475 e. The van der Waals surface area contributed by atoms with Crippen molar-refractivity contribution in [2.24, 2.45) is 0 Å². The third kappa shape index (κ3) is 7.17. The minimum absolute atomic E-state index is 0.0214. The number of hydrogen-bond donors (Lipinski definition) is 3. The predicted octanol–water partition coefficient (Wildman–Crippen LogP) is 4.34. The number of carbonyl (C=O) groups is 3. The molecule has 11 nitrogen and oxygen atoms in total. The van der Waals surface area contributed by atoms with E-state index in [9.17, 15) is 35.9 Å². The summed E-state index contributed by atoms with van der Waals surface area (Å²) in [7, 11) is 1.46. The number of aromatic nitrogens is 3. The molecule has 1 unspecified atom stereocenters. The molecule has 230 valence electrons. The molecule has 0 radical (unpaired) electrons. The van der Waals surface area contributed by atoms with E-state index in [1.165, 1.54) is 19.3 Å². The zero-order chi connectivity index (χ0) is 31.6. The molecule has 0 aromatic carbocycles. The Morgan fingerprint density at radius 2 is 1.69 bits per heavy atom. The molecule has 2 fully saturated rings. The maximum Gasteiger partial charge on any atom is 0.490 e. The Kier molecular flexibility index (Phi) is 9.22. The summed E-state index contributed by atoms with van der Waals surface area (Å²) in [5.74, 6) is -1.48. The number of imide groups is 1. The van der Waals surface area contributed by atoms with E-state index in [0.717, 1.165) is 11.0 Å². The molecule has 2 aliphatic heterocycles. The van der Waals surface area contributed by atoms with Crippen LogP contribution in [0.3, 0.4) is 0 Å². The molecule has 2 saturated heterocycles. The predicted molar refractivity (Wildman–Crippen MR) is 137 cm³/mol. The second kappa shape index (κ2) is 12.0. The van der Waals surface area contributed by atoms with Gasteiger partial charge in [0.05, 0.1) is 17.3 Å². The molecule has 0 bridgehead atoms. The summed E-state index contributed by atoms with van der Waals surface area (Å²) >= 11 is 0. The van der Waals surface area contributed by atoms with Crippen molar-refractivity contribution < 1.29 is 45.8 Å². The quantitative estimate of drug-likeness (QED) is 0.335. The largest absolute Gasteiger partial charge is 0.490 e. The van der Waals surface area contributed by atoms with E-state index < -0.39 is 41.5 Å². The van der Waals surface area contributed by atoms with Crippen LogP contribution >= 0.6 is 0 Å². The number of urea groups is 1. The topological polar surface area (TPSA) is 141 Å². The highest BCUT2D eigenvalue weighted by Gasteiger charge is 2.51. The number of piperidine rings is 1. The van der Waals surface area contributed by atoms with Gasteiger partial charge in [0, 0.05) is 38.3 Å². The van der Waals surface area contributed by atoms with Crippen molar-refractivity contribution in [1.29, 1.82) is 0 Å². The number of pyridine rings is 1. The highest BCUT2D eigenvalue weighted by molar-refractivity contribution is 6.06. The lowest BCUT2D eigenvalue weighted by molar-refractivity contribution is -0.192. The first-order valence-corrected chi connectivity index (χ1v) is 12.7. The number of likely N-dealkylation sites (N-methyl/N-ethyl adjacent to an activating group) is 1. The van der Waals surface area contributed by atoms with Crippen LogP contribution in [0, 0.1) is 0 Å². The maximum absolute atomic E-state index is 13.5. The van der Waals surface area contributed by atoms with Crippen LogP contribution in [0.2, 0.25) is 0 Å². The number of halogens is 6. The van der Waals surface area contributed by atoms with Gasteiger partial charge < -0.3 is 20.6 Å². The SMILES string of the molecule is CC(C)c1nc(NC(C)c2ncccc2C(F)(F)F)cc(N2CCC3(CC2)NC(=O)N(C)C3=O)n1.O=C(O)C(F)(F)F. The van der Waals surface area contributed by atoms with Crippen LogP contribution < -0.4 is 15.5 Å². The number of aliphatic carboxylic acids is 1. The standard InChI is InChI=1S/C23H28F3N7O2.C2HF3O2/c1-13(2)19-29-16(28-14(3)18-15(23(24,25)26)6-5-9-27-18)12-17(30-19)33-10-7-22(8-11-33)20(34)32(4)21(35)31-22;3-2(4,5)1(6)7/h5-6,9,12-14H,7-8,10-11H2,1-4H3,(H,31,35)(H,28,29,30);(H,6,7). The summed E-state index contributed by atoms with van der Waals surface area (Å²) in [6, 6.07) is 2.80. The van der Waals surface area contributed by atoms with Crippen molar-refractivity contribution in [3.8, 4) is 0 Å². The van der Waals surface area contributed by atoms with Crippen LogP contribution in [0.1, 0.15) is 62.7 Å². The fraction of sp³-hybridized carbons (Fsp3) is 0.520. The van der Waals surface area contributed by atoms with Gasteiger partial charge in [-0.15, -0.1) is 0 Å². The van der Waals surface area contributed by atoms with Gasteiger partial charge in [0.15, 0.2) is 0 Å². The fourth-order valence-corrected chi connectivity index (χ4v) is 4.45. The number of rotatable bonds is 5. The summed E-state index contributed by atoms with van der Waals surface area (Å²) < 4.78 is 72.2. The molecule has 4 rings (SSSR count). The van der Waals surface area contributed by atoms with Gasteiger partial charge in [-0.25, -0.2) is 19.6 Å². The lowest BCUT2D eigenvalue weighted by Gasteiger charge is -2.38. The zero-order valence-electron chi connectivity index (χ0n) is 23.0. The first-order chi connectivity index (χ1) is 19.4. The van der Waals surface area contributed by atoms with Crippen molar-refractivity contribution in [2.75, 3.05) is 30.4 Å². The van der Waals surface area contributed by atoms with Gasteiger partial charge in [-0.3, -0.25) is 14.7 Å². The van der Waals surface area contributed by atoms with E-state index in [0.29, 0.717) is 43.4 Å². The normalized spacial score (nSPS) is 17.6. The minimum atomic E-state index is -5.08. The van der Waals surface area contributed by atoms with Crippen LogP contribution in [0.15, 0.2) is 24.4 Å². The van der Waals surface area contributed by atoms with Crippen LogP contribution in [0.25, 0.3) is 0 Å². The monoisotopic (exact) mass is 605 g/mol. The second-order valence-corrected chi connectivity index (χ2v) is 10.1. The molecule has 1 atom stereocenters. The number of carbonyl (C=O) groups excluding carboxylic acids is 2. The number of nitrogens with one attached hydrogen (secondary N) is 2. The lowest BCUT2D eigenvalue weighted by Crippen LogP contribution is -2.55. The Morgan fingerprint density at radius 1 is 1.10 bits per heavy atom. The second-order valence-electron chi connectivity index (χ2n) is 10.1. The van der Waals surface area contributed by atoms with Crippen molar-refractivity contribution in [2.45, 2.75) is 63.5 Å². The van der Waals surface area contributed by atoms with Gasteiger partial charge in [-0.2, -0.15) is 26.3 Å². The molecule has 0 saturated carbocycles. The number of amides is 3. The molecule has 42 heavy (non-hydrogen) atoms. The van der Waals surface area contributed by atoms with Crippen LogP contribution in [-0.2, 0) is 15.8 Å². The summed E-state index contributed by atoms with van der Waals surface area (Å²) in [5.41, 5.74) is -1.82. The van der Waals surface area contributed by atoms with Crippen molar-refractivity contribution in [1.82, 2.24) is 25.2 Å². The molecule has 17 heteroatoms. The molecule has 3 N–H and O–H groups in total. The zero-order valence-corrected chi connectivity index (χ0v) is 23.0. The molecule has 2 aliphatic rings. The van der Waals surface area contributed by atoms with E-state index in [4.69, 9.17) is 9.90 Å². The Morgan fingerprint density at radius 3 is 2.17 bits per heavy atom. The number of alkyl halides is 6. The van der Waals surface area contributed by atoms with Gasteiger partial charge in [0.25, 0.3) is 5.91 Å². The Bertz CT molecular complexity index is 1330. The smallest absolute Gasteiger partial charge is 0.475 e. The third-order valence-electron chi connectivity index (χ3n) is 6.71. The van der Waals surface area contributed by atoms with E-state index in [1.807, 2.05) is 18.7 Å². The van der Waals surface area contributed by atoms with E-state index in [1.54, 1.807) is 13.0 Å². The number of anilines is 2. The molecule has 2 aromatic rings. The van der Waals surface area contributed by atoms with Gasteiger partial charge in [-0.05, 0) is 31.9 Å². The van der Waals surface area contributed by atoms with E-state index >= 15 is 0 Å². The van der Waals surface area contributed by atoms with Gasteiger partial charge in [-0.1, -0.05) is 13.8 Å². The Balaban J connectivity index is 0.000000616. The first kappa shape index (κ1) is 32.3. The van der Waals surface area contributed by atoms with Gasteiger partial charge >= 0.3 is 24.4 Å². The van der Waals surface area contributed by atoms with Gasteiger partial charge in [0.1, 0.15) is 23.0 Å². The summed E-state index contributed by atoms with van der Waals surface area (Å²) in [6.07, 6.45) is -7.43. The lowest BCUT2D eigenvalue weighted by atomic mass is 9.87. The Hall–Kier alpha value is -4.18. The average Bonchev–Trinajstić information content (AvgIpc) is 3.11. The summed E-state index contributed by atoms with van der Waals surface area (Å²) in [4.78, 5) is 49.7. The maximum atomic E-state index is 13.5. The van der Waals surface area contributed by atoms with Crippen molar-refractivity contribution >= 4 is 29.5 Å².